The molecule has 0 saturated heterocycles. The Balaban J connectivity index is 3.16. The van der Waals surface area contributed by atoms with Gasteiger partial charge in [0, 0.05) is 12.0 Å². The number of carbonyl (C=O) groups is 2. The van der Waals surface area contributed by atoms with Crippen LogP contribution >= 0.6 is 0 Å². The van der Waals surface area contributed by atoms with E-state index >= 15 is 0 Å². The lowest BCUT2D eigenvalue weighted by molar-refractivity contribution is -0.133. The van der Waals surface area contributed by atoms with Gasteiger partial charge in [0.2, 0.25) is 0 Å². The largest absolute Gasteiger partial charge is 0.478 e. The molecule has 0 fully saturated rings. The molecule has 1 rings (SSSR count). The van der Waals surface area contributed by atoms with Crippen LogP contribution in [0, 0.1) is 0 Å². The molecular formula is C9H10O4. The Morgan fingerprint density at radius 3 is 1.92 bits per heavy atom. The second kappa shape index (κ2) is 3.05. The molecule has 0 spiro atoms. The van der Waals surface area contributed by atoms with E-state index in [-0.39, 0.29) is 17.6 Å². The van der Waals surface area contributed by atoms with Gasteiger partial charge in [-0.2, -0.15) is 0 Å². The predicted molar refractivity (Wildman–Crippen MR) is 45.3 cm³/mol. The maximum atomic E-state index is 10.7. The van der Waals surface area contributed by atoms with Crippen LogP contribution in [0.25, 0.3) is 0 Å². The van der Waals surface area contributed by atoms with E-state index in [1.807, 2.05) is 0 Å². The summed E-state index contributed by atoms with van der Waals surface area (Å²) in [5.74, 6) is -2.08. The maximum absolute atomic E-state index is 10.7. The van der Waals surface area contributed by atoms with Gasteiger partial charge in [0.1, 0.15) is 0 Å². The van der Waals surface area contributed by atoms with Crippen molar-refractivity contribution in [2.24, 2.45) is 0 Å². The summed E-state index contributed by atoms with van der Waals surface area (Å²) >= 11 is 0. The molecule has 0 aromatic rings. The second-order valence-electron chi connectivity index (χ2n) is 3.05. The maximum Gasteiger partial charge on any atom is 0.335 e. The summed E-state index contributed by atoms with van der Waals surface area (Å²) in [6.45, 7) is 3.17. The fraction of sp³-hybridized carbons (Fsp3) is 0.333. The van der Waals surface area contributed by atoms with Gasteiger partial charge in [0.25, 0.3) is 0 Å². The Morgan fingerprint density at radius 2 is 1.69 bits per heavy atom. The fourth-order valence-electron chi connectivity index (χ4n) is 1.54. The summed E-state index contributed by atoms with van der Waals surface area (Å²) in [7, 11) is 0. The molecule has 70 valence electrons. The topological polar surface area (TPSA) is 74.6 Å². The van der Waals surface area contributed by atoms with Crippen molar-refractivity contribution in [3.63, 3.8) is 0 Å². The molecule has 4 heteroatoms. The average molecular weight is 182 g/mol. The number of aliphatic carboxylic acids is 2. The summed E-state index contributed by atoms with van der Waals surface area (Å²) < 4.78 is 0. The Hall–Kier alpha value is -1.58. The minimum Gasteiger partial charge on any atom is -0.478 e. The van der Waals surface area contributed by atoms with Crippen LogP contribution in [0.3, 0.4) is 0 Å². The minimum atomic E-state index is -1.05. The first-order chi connectivity index (χ1) is 5.95. The Labute approximate surface area is 75.2 Å². The van der Waals surface area contributed by atoms with Crippen molar-refractivity contribution >= 4 is 11.9 Å². The van der Waals surface area contributed by atoms with E-state index in [0.717, 1.165) is 0 Å². The second-order valence-corrected chi connectivity index (χ2v) is 3.05. The average Bonchev–Trinajstić information content (AvgIpc) is 2.26. The van der Waals surface area contributed by atoms with Crippen molar-refractivity contribution in [1.82, 2.24) is 0 Å². The quantitative estimate of drug-likeness (QED) is 0.672. The molecule has 13 heavy (non-hydrogen) atoms. The van der Waals surface area contributed by atoms with Crippen molar-refractivity contribution in [2.75, 3.05) is 0 Å². The molecule has 1 aliphatic rings. The minimum absolute atomic E-state index is 0.150. The zero-order valence-electron chi connectivity index (χ0n) is 7.42. The third-order valence-electron chi connectivity index (χ3n) is 2.17. The van der Waals surface area contributed by atoms with E-state index in [4.69, 9.17) is 10.2 Å². The van der Waals surface area contributed by atoms with Gasteiger partial charge in [-0.25, -0.2) is 9.59 Å². The summed E-state index contributed by atoms with van der Waals surface area (Å²) in [4.78, 5) is 21.4. The highest BCUT2D eigenvalue weighted by molar-refractivity contribution is 6.00. The Morgan fingerprint density at radius 1 is 1.15 bits per heavy atom. The molecule has 0 aromatic carbocycles. The monoisotopic (exact) mass is 182 g/mol. The molecule has 0 aromatic heterocycles. The van der Waals surface area contributed by atoms with Crippen molar-refractivity contribution in [3.05, 3.63) is 22.3 Å². The SMILES string of the molecule is CC1=C(C(=O)O)C(C)=C(C(=O)O)C1. The van der Waals surface area contributed by atoms with E-state index in [0.29, 0.717) is 11.1 Å². The lowest BCUT2D eigenvalue weighted by Crippen LogP contribution is -2.03. The summed E-state index contributed by atoms with van der Waals surface area (Å²) in [5, 5.41) is 17.5. The van der Waals surface area contributed by atoms with Crippen molar-refractivity contribution in [3.8, 4) is 0 Å². The zero-order chi connectivity index (χ0) is 10.2. The van der Waals surface area contributed by atoms with E-state index < -0.39 is 11.9 Å². The zero-order valence-corrected chi connectivity index (χ0v) is 7.42. The Kier molecular flexibility index (Phi) is 2.23. The molecular weight excluding hydrogens is 172 g/mol. The van der Waals surface area contributed by atoms with E-state index in [2.05, 4.69) is 0 Å². The number of carboxylic acid groups (broad SMARTS) is 2. The molecule has 0 atom stereocenters. The lowest BCUT2D eigenvalue weighted by atomic mass is 10.1. The van der Waals surface area contributed by atoms with E-state index in [1.54, 1.807) is 6.92 Å². The third kappa shape index (κ3) is 1.47. The van der Waals surface area contributed by atoms with Crippen molar-refractivity contribution in [1.29, 1.82) is 0 Å². The van der Waals surface area contributed by atoms with Crippen molar-refractivity contribution in [2.45, 2.75) is 20.3 Å². The number of hydrogen-bond acceptors (Lipinski definition) is 2. The highest BCUT2D eigenvalue weighted by atomic mass is 16.4. The van der Waals surface area contributed by atoms with E-state index in [1.165, 1.54) is 6.92 Å². The van der Waals surface area contributed by atoms with Gasteiger partial charge in [0.15, 0.2) is 0 Å². The standard InChI is InChI=1S/C9H10O4/c1-4-3-6(8(10)11)5(2)7(4)9(12)13/h3H2,1-2H3,(H,10,11)(H,12,13). The molecule has 0 amide bonds. The first-order valence-corrected chi connectivity index (χ1v) is 3.81. The first kappa shape index (κ1) is 9.51. The van der Waals surface area contributed by atoms with Crippen molar-refractivity contribution < 1.29 is 19.8 Å². The molecule has 0 radical (unpaired) electrons. The van der Waals surface area contributed by atoms with Gasteiger partial charge < -0.3 is 10.2 Å². The van der Waals surface area contributed by atoms with Crippen LogP contribution in [0.5, 0.6) is 0 Å². The van der Waals surface area contributed by atoms with Crippen LogP contribution in [0.15, 0.2) is 22.3 Å². The van der Waals surface area contributed by atoms with Gasteiger partial charge in [0.05, 0.1) is 5.57 Å². The lowest BCUT2D eigenvalue weighted by Gasteiger charge is -1.98. The normalized spacial score (nSPS) is 16.8. The highest BCUT2D eigenvalue weighted by Gasteiger charge is 2.27. The molecule has 0 saturated carbocycles. The summed E-state index contributed by atoms with van der Waals surface area (Å²) in [6, 6.07) is 0. The van der Waals surface area contributed by atoms with Crippen LogP contribution in [-0.4, -0.2) is 22.2 Å². The highest BCUT2D eigenvalue weighted by Crippen LogP contribution is 2.31. The Bertz CT molecular complexity index is 347. The summed E-state index contributed by atoms with van der Waals surface area (Å²) in [5.41, 5.74) is 1.33. The molecule has 0 unspecified atom stereocenters. The molecule has 2 N–H and O–H groups in total. The number of hydrogen-bond donors (Lipinski definition) is 2. The van der Waals surface area contributed by atoms with Gasteiger partial charge in [-0.1, -0.05) is 5.57 Å². The van der Waals surface area contributed by atoms with Crippen LogP contribution < -0.4 is 0 Å². The third-order valence-corrected chi connectivity index (χ3v) is 2.17. The van der Waals surface area contributed by atoms with Crippen LogP contribution in [0.1, 0.15) is 20.3 Å². The fourth-order valence-corrected chi connectivity index (χ4v) is 1.54. The smallest absolute Gasteiger partial charge is 0.335 e. The number of carboxylic acids is 2. The number of allylic oxidation sites excluding steroid dienone is 1. The molecule has 0 aliphatic heterocycles. The van der Waals surface area contributed by atoms with Crippen LogP contribution in [-0.2, 0) is 9.59 Å². The molecule has 0 heterocycles. The van der Waals surface area contributed by atoms with Crippen LogP contribution in [0.2, 0.25) is 0 Å². The summed E-state index contributed by atoms with van der Waals surface area (Å²) in [6.07, 6.45) is 0.239. The molecule has 0 bridgehead atoms. The van der Waals surface area contributed by atoms with Crippen LogP contribution in [0.4, 0.5) is 0 Å². The molecule has 4 nitrogen and oxygen atoms in total. The molecule has 1 aliphatic carbocycles. The van der Waals surface area contributed by atoms with Gasteiger partial charge in [-0.05, 0) is 19.4 Å². The van der Waals surface area contributed by atoms with E-state index in [9.17, 15) is 9.59 Å². The predicted octanol–water partition coefficient (Wildman–Crippen LogP) is 1.19. The number of rotatable bonds is 2. The first-order valence-electron chi connectivity index (χ1n) is 3.81. The van der Waals surface area contributed by atoms with Gasteiger partial charge >= 0.3 is 11.9 Å². The van der Waals surface area contributed by atoms with Gasteiger partial charge in [-0.3, -0.25) is 0 Å². The van der Waals surface area contributed by atoms with Gasteiger partial charge in [-0.15, -0.1) is 0 Å².